The van der Waals surface area contributed by atoms with Gasteiger partial charge in [0.25, 0.3) is 0 Å². The maximum Gasteiger partial charge on any atom is 0.143 e. The van der Waals surface area contributed by atoms with Gasteiger partial charge in [0.1, 0.15) is 28.2 Å². The number of piperidine rings is 1. The van der Waals surface area contributed by atoms with E-state index in [4.69, 9.17) is 9.97 Å². The third kappa shape index (κ3) is 3.73. The smallest absolute Gasteiger partial charge is 0.143 e. The van der Waals surface area contributed by atoms with Crippen LogP contribution in [-0.2, 0) is 0 Å². The van der Waals surface area contributed by atoms with Crippen LogP contribution in [0.5, 0.6) is 0 Å². The van der Waals surface area contributed by atoms with Crippen LogP contribution in [0.2, 0.25) is 0 Å². The summed E-state index contributed by atoms with van der Waals surface area (Å²) in [5.74, 6) is 3.18. The Hall–Kier alpha value is -3.10. The Balaban J connectivity index is 1.26. The van der Waals surface area contributed by atoms with Crippen LogP contribution in [0.4, 0.5) is 17.5 Å². The summed E-state index contributed by atoms with van der Waals surface area (Å²) in [6, 6.07) is 10.0. The number of anilines is 3. The summed E-state index contributed by atoms with van der Waals surface area (Å²) < 4.78 is 1.03. The molecule has 2 N–H and O–H groups in total. The number of aromatic nitrogens is 4. The number of rotatable bonds is 4. The first-order valence-electron chi connectivity index (χ1n) is 11.4. The lowest BCUT2D eigenvalue weighted by Crippen LogP contribution is -2.45. The molecule has 2 fully saturated rings. The zero-order chi connectivity index (χ0) is 22.5. The van der Waals surface area contributed by atoms with Crippen molar-refractivity contribution in [1.82, 2.24) is 19.9 Å². The van der Waals surface area contributed by atoms with Gasteiger partial charge in [-0.3, -0.25) is 4.98 Å². The van der Waals surface area contributed by atoms with Crippen molar-refractivity contribution in [3.63, 3.8) is 0 Å². The Morgan fingerprint density at radius 1 is 1.00 bits per heavy atom. The van der Waals surface area contributed by atoms with Gasteiger partial charge < -0.3 is 15.3 Å². The van der Waals surface area contributed by atoms with Gasteiger partial charge in [0, 0.05) is 43.4 Å². The fourth-order valence-electron chi connectivity index (χ4n) is 5.12. The Morgan fingerprint density at radius 2 is 1.82 bits per heavy atom. The van der Waals surface area contributed by atoms with Gasteiger partial charge in [-0.2, -0.15) is 0 Å². The second-order valence-electron chi connectivity index (χ2n) is 9.18. The van der Waals surface area contributed by atoms with Crippen LogP contribution >= 0.6 is 11.3 Å². The first kappa shape index (κ1) is 20.5. The molecule has 1 saturated carbocycles. The highest BCUT2D eigenvalue weighted by atomic mass is 32.1. The van der Waals surface area contributed by atoms with E-state index in [9.17, 15) is 5.11 Å². The normalized spacial score (nSPS) is 22.2. The number of pyridine rings is 3. The molecule has 6 rings (SSSR count). The number of nitrogens with zero attached hydrogens (tertiary/aromatic N) is 5. The quantitative estimate of drug-likeness (QED) is 0.458. The standard InChI is InChI=1S/C25H26N6OS/c1-14-4-3-9-26-22(14)25-28-18-10-21(27-11-19(18)33-25)29-20-8-5-15(2)24(30-20)31-12-16-6-7-17(13-31)23(16)32/h3-5,8-11,16-17,23,32H,6-7,12-13H2,1-2H3,(H,27,29,30)/t16-,17+,23-. The predicted molar refractivity (Wildman–Crippen MR) is 132 cm³/mol. The molecule has 4 aromatic rings. The topological polar surface area (TPSA) is 87.1 Å². The number of aliphatic hydroxyl groups is 1. The SMILES string of the molecule is Cc1cccnc1-c1nc2cc(Nc3ccc(C)c(N4C[C@H]5CC[C@@H](C4)[C@@H]5O)n3)ncc2s1. The fourth-order valence-corrected chi connectivity index (χ4v) is 6.10. The van der Waals surface area contributed by atoms with E-state index in [0.29, 0.717) is 17.7 Å². The van der Waals surface area contributed by atoms with Crippen molar-refractivity contribution in [2.24, 2.45) is 11.8 Å². The zero-order valence-corrected chi connectivity index (χ0v) is 19.5. The van der Waals surface area contributed by atoms with E-state index in [0.717, 1.165) is 69.6 Å². The van der Waals surface area contributed by atoms with E-state index in [-0.39, 0.29) is 6.10 Å². The molecule has 0 aromatic carbocycles. The predicted octanol–water partition coefficient (Wildman–Crippen LogP) is 4.72. The molecule has 7 nitrogen and oxygen atoms in total. The van der Waals surface area contributed by atoms with Gasteiger partial charge in [-0.1, -0.05) is 12.1 Å². The summed E-state index contributed by atoms with van der Waals surface area (Å²) in [6.07, 6.45) is 5.72. The van der Waals surface area contributed by atoms with Crippen molar-refractivity contribution in [3.8, 4) is 10.7 Å². The molecular weight excluding hydrogens is 432 g/mol. The van der Waals surface area contributed by atoms with Crippen molar-refractivity contribution in [2.45, 2.75) is 32.8 Å². The summed E-state index contributed by atoms with van der Waals surface area (Å²) in [5.41, 5.74) is 4.07. The summed E-state index contributed by atoms with van der Waals surface area (Å²) in [7, 11) is 0. The average molecular weight is 459 g/mol. The van der Waals surface area contributed by atoms with Crippen molar-refractivity contribution >= 4 is 39.0 Å². The molecule has 3 atom stereocenters. The summed E-state index contributed by atoms with van der Waals surface area (Å²) in [6.45, 7) is 5.88. The third-order valence-corrected chi connectivity index (χ3v) is 7.91. The minimum absolute atomic E-state index is 0.156. The largest absolute Gasteiger partial charge is 0.392 e. The number of nitrogens with one attached hydrogen (secondary N) is 1. The lowest BCUT2D eigenvalue weighted by Gasteiger charge is -2.37. The third-order valence-electron chi connectivity index (χ3n) is 6.90. The summed E-state index contributed by atoms with van der Waals surface area (Å²) in [4.78, 5) is 21.2. The van der Waals surface area contributed by atoms with Gasteiger partial charge in [-0.15, -0.1) is 11.3 Å². The minimum Gasteiger partial charge on any atom is -0.392 e. The van der Waals surface area contributed by atoms with Crippen molar-refractivity contribution in [1.29, 1.82) is 0 Å². The zero-order valence-electron chi connectivity index (χ0n) is 18.7. The number of aliphatic hydroxyl groups excluding tert-OH is 1. The average Bonchev–Trinajstić information content (AvgIpc) is 3.30. The van der Waals surface area contributed by atoms with Crippen molar-refractivity contribution < 1.29 is 5.11 Å². The summed E-state index contributed by atoms with van der Waals surface area (Å²) >= 11 is 1.60. The van der Waals surface area contributed by atoms with E-state index in [1.807, 2.05) is 24.4 Å². The molecule has 0 spiro atoms. The molecular formula is C25H26N6OS. The van der Waals surface area contributed by atoms with E-state index in [1.165, 1.54) is 0 Å². The number of thiazole rings is 1. The van der Waals surface area contributed by atoms with Gasteiger partial charge in [0.05, 0.1) is 16.3 Å². The maximum atomic E-state index is 10.4. The lowest BCUT2D eigenvalue weighted by atomic mass is 9.95. The van der Waals surface area contributed by atoms with Crippen molar-refractivity contribution in [3.05, 3.63) is 53.9 Å². The Labute approximate surface area is 196 Å². The Bertz CT molecular complexity index is 1320. The second kappa shape index (κ2) is 8.04. The first-order chi connectivity index (χ1) is 16.0. The van der Waals surface area contributed by atoms with Crippen LogP contribution in [0.25, 0.3) is 20.9 Å². The molecule has 5 heterocycles. The number of hydrogen-bond acceptors (Lipinski definition) is 8. The maximum absolute atomic E-state index is 10.4. The van der Waals surface area contributed by atoms with Gasteiger partial charge in [-0.05, 0) is 49.9 Å². The minimum atomic E-state index is -0.156. The van der Waals surface area contributed by atoms with Gasteiger partial charge in [0.2, 0.25) is 0 Å². The van der Waals surface area contributed by atoms with E-state index in [2.05, 4.69) is 46.2 Å². The molecule has 2 bridgehead atoms. The highest BCUT2D eigenvalue weighted by molar-refractivity contribution is 7.21. The monoisotopic (exact) mass is 458 g/mol. The van der Waals surface area contributed by atoms with Crippen LogP contribution in [0.1, 0.15) is 24.0 Å². The van der Waals surface area contributed by atoms with Crippen LogP contribution in [0.15, 0.2) is 42.7 Å². The molecule has 1 aliphatic heterocycles. The molecule has 8 heteroatoms. The molecule has 4 aromatic heterocycles. The first-order valence-corrected chi connectivity index (χ1v) is 12.2. The van der Waals surface area contributed by atoms with Crippen LogP contribution in [0, 0.1) is 25.7 Å². The van der Waals surface area contributed by atoms with Gasteiger partial charge in [0.15, 0.2) is 0 Å². The molecule has 0 unspecified atom stereocenters. The van der Waals surface area contributed by atoms with Gasteiger partial charge in [-0.25, -0.2) is 15.0 Å². The lowest BCUT2D eigenvalue weighted by molar-refractivity contribution is 0.0790. The molecule has 0 amide bonds. The van der Waals surface area contributed by atoms with E-state index in [1.54, 1.807) is 17.5 Å². The number of fused-ring (bicyclic) bond motifs is 3. The highest BCUT2D eigenvalue weighted by Gasteiger charge is 2.41. The van der Waals surface area contributed by atoms with Crippen molar-refractivity contribution in [2.75, 3.05) is 23.3 Å². The molecule has 33 heavy (non-hydrogen) atoms. The van der Waals surface area contributed by atoms with Crippen LogP contribution in [-0.4, -0.2) is 44.2 Å². The van der Waals surface area contributed by atoms with Crippen LogP contribution < -0.4 is 10.2 Å². The van der Waals surface area contributed by atoms with Gasteiger partial charge >= 0.3 is 0 Å². The molecule has 2 aliphatic rings. The molecule has 168 valence electrons. The Kier molecular flexibility index (Phi) is 4.99. The Morgan fingerprint density at radius 3 is 2.61 bits per heavy atom. The molecule has 1 saturated heterocycles. The second-order valence-corrected chi connectivity index (χ2v) is 10.2. The number of aryl methyl sites for hydroxylation is 2. The molecule has 0 radical (unpaired) electrons. The number of hydrogen-bond donors (Lipinski definition) is 2. The highest BCUT2D eigenvalue weighted by Crippen LogP contribution is 2.39. The van der Waals surface area contributed by atoms with E-state index >= 15 is 0 Å². The van der Waals surface area contributed by atoms with Crippen LogP contribution in [0.3, 0.4) is 0 Å². The van der Waals surface area contributed by atoms with E-state index < -0.39 is 0 Å². The molecule has 1 aliphatic carbocycles. The summed E-state index contributed by atoms with van der Waals surface area (Å²) in [5, 5.41) is 14.7. The fraction of sp³-hybridized carbons (Fsp3) is 0.360.